The van der Waals surface area contributed by atoms with Crippen LogP contribution in [0.2, 0.25) is 0 Å². The van der Waals surface area contributed by atoms with Gasteiger partial charge in [-0.1, -0.05) is 0 Å². The van der Waals surface area contributed by atoms with Crippen LogP contribution in [-0.4, -0.2) is 42.4 Å². The largest absolute Gasteiger partial charge is 0.294 e. The van der Waals surface area contributed by atoms with Crippen LogP contribution in [0.15, 0.2) is 59.9 Å². The lowest BCUT2D eigenvalue weighted by Crippen LogP contribution is -2.36. The van der Waals surface area contributed by atoms with Gasteiger partial charge in [-0.2, -0.15) is 15.3 Å². The molecule has 132 valence electrons. The number of nitrogens with zero attached hydrogens (tertiary/aromatic N) is 6. The van der Waals surface area contributed by atoms with Crippen LogP contribution >= 0.6 is 0 Å². The Bertz CT molecular complexity index is 912. The second kappa shape index (κ2) is 7.53. The number of hydrogen-bond donors (Lipinski definition) is 0. The number of rotatable bonds is 5. The summed E-state index contributed by atoms with van der Waals surface area (Å²) in [5.74, 6) is 0. The summed E-state index contributed by atoms with van der Waals surface area (Å²) in [5.41, 5.74) is 2.74. The summed E-state index contributed by atoms with van der Waals surface area (Å²) in [4.78, 5) is 18.8. The third kappa shape index (κ3) is 3.67. The predicted molar refractivity (Wildman–Crippen MR) is 97.2 cm³/mol. The van der Waals surface area contributed by atoms with Crippen molar-refractivity contribution in [2.75, 3.05) is 6.54 Å². The molecule has 1 aliphatic heterocycles. The van der Waals surface area contributed by atoms with Crippen LogP contribution in [0.1, 0.15) is 18.4 Å². The maximum absolute atomic E-state index is 12.3. The van der Waals surface area contributed by atoms with Crippen molar-refractivity contribution in [1.29, 1.82) is 0 Å². The molecule has 0 radical (unpaired) electrons. The highest BCUT2D eigenvalue weighted by molar-refractivity contribution is 5.56. The van der Waals surface area contributed by atoms with E-state index in [1.54, 1.807) is 41.6 Å². The normalized spacial score (nSPS) is 17.5. The van der Waals surface area contributed by atoms with Gasteiger partial charge in [-0.05, 0) is 49.2 Å². The Hall–Kier alpha value is -2.93. The van der Waals surface area contributed by atoms with Gasteiger partial charge in [0.2, 0.25) is 0 Å². The maximum atomic E-state index is 12.3. The fourth-order valence-electron chi connectivity index (χ4n) is 3.40. The molecular formula is C19H20N6O. The number of hydrogen-bond acceptors (Lipinski definition) is 6. The van der Waals surface area contributed by atoms with Gasteiger partial charge < -0.3 is 0 Å². The van der Waals surface area contributed by atoms with E-state index in [1.807, 2.05) is 18.2 Å². The molecule has 0 bridgehead atoms. The first-order valence-corrected chi connectivity index (χ1v) is 8.78. The average Bonchev–Trinajstić information content (AvgIpc) is 3.12. The first-order valence-electron chi connectivity index (χ1n) is 8.78. The van der Waals surface area contributed by atoms with Crippen molar-refractivity contribution in [2.24, 2.45) is 0 Å². The van der Waals surface area contributed by atoms with Gasteiger partial charge in [0.25, 0.3) is 5.56 Å². The van der Waals surface area contributed by atoms with Gasteiger partial charge in [0.1, 0.15) is 0 Å². The van der Waals surface area contributed by atoms with Gasteiger partial charge in [-0.3, -0.25) is 14.7 Å². The molecule has 7 nitrogen and oxygen atoms in total. The molecule has 3 aromatic rings. The monoisotopic (exact) mass is 348 g/mol. The Morgan fingerprint density at radius 3 is 2.85 bits per heavy atom. The van der Waals surface area contributed by atoms with Crippen molar-refractivity contribution in [2.45, 2.75) is 32.0 Å². The molecular weight excluding hydrogens is 328 g/mol. The summed E-state index contributed by atoms with van der Waals surface area (Å²) >= 11 is 0. The molecule has 0 aliphatic carbocycles. The lowest BCUT2D eigenvalue weighted by Gasteiger charge is -2.24. The van der Waals surface area contributed by atoms with Crippen LogP contribution < -0.4 is 5.56 Å². The van der Waals surface area contributed by atoms with Crippen molar-refractivity contribution in [3.8, 4) is 11.3 Å². The van der Waals surface area contributed by atoms with Crippen molar-refractivity contribution in [3.05, 3.63) is 71.0 Å². The Balaban J connectivity index is 1.53. The van der Waals surface area contributed by atoms with E-state index in [9.17, 15) is 4.79 Å². The first-order chi connectivity index (χ1) is 12.8. The van der Waals surface area contributed by atoms with Crippen molar-refractivity contribution in [1.82, 2.24) is 29.9 Å². The van der Waals surface area contributed by atoms with Crippen molar-refractivity contribution in [3.63, 3.8) is 0 Å². The SMILES string of the molecule is O=c1ccc(-c2cccnc2)nn1CC1CCCN1Cc1ccnnc1. The smallest absolute Gasteiger partial charge is 0.266 e. The van der Waals surface area contributed by atoms with E-state index in [0.717, 1.165) is 42.8 Å². The Labute approximate surface area is 151 Å². The Kier molecular flexibility index (Phi) is 4.79. The van der Waals surface area contributed by atoms with E-state index in [-0.39, 0.29) is 11.6 Å². The number of pyridine rings is 1. The molecule has 1 fully saturated rings. The van der Waals surface area contributed by atoms with Gasteiger partial charge in [0, 0.05) is 42.8 Å². The molecule has 1 unspecified atom stereocenters. The van der Waals surface area contributed by atoms with Crippen LogP contribution in [0.25, 0.3) is 11.3 Å². The summed E-state index contributed by atoms with van der Waals surface area (Å²) in [6.07, 6.45) is 9.18. The molecule has 0 amide bonds. The van der Waals surface area contributed by atoms with Crippen LogP contribution in [0.5, 0.6) is 0 Å². The topological polar surface area (TPSA) is 76.8 Å². The van der Waals surface area contributed by atoms with Crippen LogP contribution in [0, 0.1) is 0 Å². The highest BCUT2D eigenvalue weighted by Gasteiger charge is 2.25. The Morgan fingerprint density at radius 1 is 1.08 bits per heavy atom. The zero-order chi connectivity index (χ0) is 17.8. The van der Waals surface area contributed by atoms with E-state index in [4.69, 9.17) is 0 Å². The number of aromatic nitrogens is 5. The maximum Gasteiger partial charge on any atom is 0.266 e. The molecule has 7 heteroatoms. The molecule has 0 N–H and O–H groups in total. The Morgan fingerprint density at radius 2 is 2.04 bits per heavy atom. The van der Waals surface area contributed by atoms with Crippen molar-refractivity contribution >= 4 is 0 Å². The van der Waals surface area contributed by atoms with E-state index in [0.29, 0.717) is 6.54 Å². The van der Waals surface area contributed by atoms with E-state index < -0.39 is 0 Å². The summed E-state index contributed by atoms with van der Waals surface area (Å²) in [6, 6.07) is 9.43. The average molecular weight is 348 g/mol. The van der Waals surface area contributed by atoms with Crippen LogP contribution in [0.3, 0.4) is 0 Å². The molecule has 0 saturated carbocycles. The molecule has 4 heterocycles. The second-order valence-corrected chi connectivity index (χ2v) is 6.50. The predicted octanol–water partition coefficient (Wildman–Crippen LogP) is 1.76. The molecule has 1 atom stereocenters. The van der Waals surface area contributed by atoms with E-state index >= 15 is 0 Å². The lowest BCUT2D eigenvalue weighted by molar-refractivity contribution is 0.216. The minimum Gasteiger partial charge on any atom is -0.294 e. The highest BCUT2D eigenvalue weighted by Crippen LogP contribution is 2.21. The second-order valence-electron chi connectivity index (χ2n) is 6.50. The van der Waals surface area contributed by atoms with Gasteiger partial charge in [-0.15, -0.1) is 0 Å². The molecule has 4 rings (SSSR count). The molecule has 0 spiro atoms. The molecule has 3 aromatic heterocycles. The fraction of sp³-hybridized carbons (Fsp3) is 0.316. The first kappa shape index (κ1) is 16.5. The molecule has 1 aliphatic rings. The van der Waals surface area contributed by atoms with Gasteiger partial charge in [0.05, 0.1) is 18.4 Å². The lowest BCUT2D eigenvalue weighted by atomic mass is 10.2. The fourth-order valence-corrected chi connectivity index (χ4v) is 3.40. The minimum atomic E-state index is -0.0740. The standard InChI is InChI=1S/C19H20N6O/c26-19-6-5-18(16-3-1-8-20-12-16)23-25(19)14-17-4-2-10-24(17)13-15-7-9-21-22-11-15/h1,3,5-9,11-12,17H,2,4,10,13-14H2. The van der Waals surface area contributed by atoms with E-state index in [1.165, 1.54) is 0 Å². The summed E-state index contributed by atoms with van der Waals surface area (Å²) in [6.45, 7) is 2.42. The van der Waals surface area contributed by atoms with Crippen molar-refractivity contribution < 1.29 is 0 Å². The minimum absolute atomic E-state index is 0.0740. The number of likely N-dealkylation sites (tertiary alicyclic amines) is 1. The van der Waals surface area contributed by atoms with Crippen LogP contribution in [0.4, 0.5) is 0 Å². The third-order valence-electron chi connectivity index (χ3n) is 4.74. The van der Waals surface area contributed by atoms with Gasteiger partial charge >= 0.3 is 0 Å². The van der Waals surface area contributed by atoms with Gasteiger partial charge in [-0.25, -0.2) is 4.68 Å². The zero-order valence-corrected chi connectivity index (χ0v) is 14.4. The van der Waals surface area contributed by atoms with Crippen LogP contribution in [-0.2, 0) is 13.1 Å². The summed E-state index contributed by atoms with van der Waals surface area (Å²) < 4.78 is 1.58. The highest BCUT2D eigenvalue weighted by atomic mass is 16.1. The summed E-state index contributed by atoms with van der Waals surface area (Å²) in [7, 11) is 0. The summed E-state index contributed by atoms with van der Waals surface area (Å²) in [5, 5.41) is 12.3. The van der Waals surface area contributed by atoms with E-state index in [2.05, 4.69) is 25.2 Å². The zero-order valence-electron chi connectivity index (χ0n) is 14.4. The third-order valence-corrected chi connectivity index (χ3v) is 4.74. The van der Waals surface area contributed by atoms with Gasteiger partial charge in [0.15, 0.2) is 0 Å². The quantitative estimate of drug-likeness (QED) is 0.699. The molecule has 0 aromatic carbocycles. The molecule has 1 saturated heterocycles. The molecule has 26 heavy (non-hydrogen) atoms.